The Balaban J connectivity index is 0.000000313. The second kappa shape index (κ2) is 8.19. The molecule has 2 unspecified atom stereocenters. The quantitative estimate of drug-likeness (QED) is 0.591. The molecule has 6 heteroatoms. The number of carbonyl (C=O) groups is 1. The molecule has 1 aliphatic heterocycles. The summed E-state index contributed by atoms with van der Waals surface area (Å²) >= 11 is 0. The van der Waals surface area contributed by atoms with Crippen LogP contribution in [-0.4, -0.2) is 49.1 Å². The largest absolute Gasteiger partial charge is 0.346 e. The van der Waals surface area contributed by atoms with Crippen molar-refractivity contribution in [3.05, 3.63) is 0 Å². The number of likely N-dealkylation sites (tertiary alicyclic amines) is 1. The van der Waals surface area contributed by atoms with Crippen LogP contribution in [0.1, 0.15) is 52.9 Å². The van der Waals surface area contributed by atoms with Gasteiger partial charge in [0.1, 0.15) is 0 Å². The average Bonchev–Trinajstić information content (AvgIpc) is 2.79. The fourth-order valence-electron chi connectivity index (χ4n) is 3.87. The van der Waals surface area contributed by atoms with Crippen molar-refractivity contribution in [3.63, 3.8) is 0 Å². The second-order valence-electron chi connectivity index (χ2n) is 7.76. The average molecular weight is 321 g/mol. The highest BCUT2D eigenvalue weighted by molar-refractivity contribution is 5.77. The summed E-state index contributed by atoms with van der Waals surface area (Å²) in [5.74, 6) is 0.292. The molecule has 23 heavy (non-hydrogen) atoms. The highest BCUT2D eigenvalue weighted by atomic mass is 16.2. The van der Waals surface area contributed by atoms with Gasteiger partial charge >= 0.3 is 0 Å². The SMILES string of the molecule is CC1(C)CC(N=C=O)CC(C)(CN=C=O)C1.CN1CCCC1=O. The molecule has 128 valence electrons. The lowest BCUT2D eigenvalue weighted by Gasteiger charge is -2.44. The summed E-state index contributed by atoms with van der Waals surface area (Å²) in [6.07, 6.45) is 7.69. The normalized spacial score (nSPS) is 29.0. The molecule has 1 aliphatic carbocycles. The Kier molecular flexibility index (Phi) is 6.86. The number of aliphatic imine (C=N–C) groups is 2. The van der Waals surface area contributed by atoms with E-state index in [1.807, 2.05) is 7.05 Å². The predicted molar refractivity (Wildman–Crippen MR) is 87.5 cm³/mol. The fraction of sp³-hybridized carbons (Fsp3) is 0.824. The molecule has 0 aromatic carbocycles. The molecule has 0 N–H and O–H groups in total. The third-order valence-corrected chi connectivity index (χ3v) is 4.49. The van der Waals surface area contributed by atoms with Gasteiger partial charge in [0.05, 0.1) is 12.6 Å². The minimum Gasteiger partial charge on any atom is -0.346 e. The molecule has 1 amide bonds. The zero-order chi connectivity index (χ0) is 17.5. The van der Waals surface area contributed by atoms with Crippen LogP contribution in [0.25, 0.3) is 0 Å². The van der Waals surface area contributed by atoms with Crippen molar-refractivity contribution in [2.45, 2.75) is 58.9 Å². The lowest BCUT2D eigenvalue weighted by molar-refractivity contribution is -0.126. The number of isocyanates is 2. The van der Waals surface area contributed by atoms with Crippen LogP contribution in [0, 0.1) is 10.8 Å². The molecule has 0 spiro atoms. The van der Waals surface area contributed by atoms with Crippen LogP contribution >= 0.6 is 0 Å². The second-order valence-corrected chi connectivity index (χ2v) is 7.76. The van der Waals surface area contributed by atoms with E-state index in [0.717, 1.165) is 38.6 Å². The van der Waals surface area contributed by atoms with E-state index in [1.54, 1.807) is 17.1 Å². The van der Waals surface area contributed by atoms with E-state index < -0.39 is 0 Å². The minimum atomic E-state index is -0.0653. The van der Waals surface area contributed by atoms with Crippen LogP contribution in [-0.2, 0) is 14.4 Å². The molecule has 2 atom stereocenters. The molecule has 0 radical (unpaired) electrons. The molecular weight excluding hydrogens is 294 g/mol. The van der Waals surface area contributed by atoms with E-state index in [-0.39, 0.29) is 16.9 Å². The van der Waals surface area contributed by atoms with Gasteiger partial charge in [-0.3, -0.25) is 4.79 Å². The van der Waals surface area contributed by atoms with E-state index in [1.165, 1.54) is 0 Å². The van der Waals surface area contributed by atoms with Gasteiger partial charge < -0.3 is 4.90 Å². The molecule has 0 aromatic heterocycles. The third-order valence-electron chi connectivity index (χ3n) is 4.49. The maximum atomic E-state index is 10.5. The van der Waals surface area contributed by atoms with Gasteiger partial charge in [0, 0.05) is 20.0 Å². The molecule has 6 nitrogen and oxygen atoms in total. The van der Waals surface area contributed by atoms with Gasteiger partial charge in [-0.05, 0) is 36.5 Å². The standard InChI is InChI=1S/C12H18N2O2.C5H9NO/c1-11(2)4-10(14-9-16)5-12(3,6-11)7-13-8-15;1-6-4-2-3-5(6)7/h10H,4-7H2,1-3H3;2-4H2,1H3. The minimum absolute atomic E-state index is 0.00750. The first-order valence-electron chi connectivity index (χ1n) is 8.06. The maximum Gasteiger partial charge on any atom is 0.235 e. The molecule has 1 saturated heterocycles. The van der Waals surface area contributed by atoms with Crippen molar-refractivity contribution in [2.24, 2.45) is 20.8 Å². The molecular formula is C17H27N3O3. The highest BCUT2D eigenvalue weighted by Gasteiger charge is 2.41. The van der Waals surface area contributed by atoms with Crippen LogP contribution in [0.2, 0.25) is 0 Å². The smallest absolute Gasteiger partial charge is 0.235 e. The summed E-state index contributed by atoms with van der Waals surface area (Å²) < 4.78 is 0. The first kappa shape index (κ1) is 19.3. The van der Waals surface area contributed by atoms with Crippen LogP contribution in [0.5, 0.6) is 0 Å². The van der Waals surface area contributed by atoms with Crippen LogP contribution in [0.15, 0.2) is 9.98 Å². The zero-order valence-electron chi connectivity index (χ0n) is 14.6. The molecule has 1 saturated carbocycles. The van der Waals surface area contributed by atoms with Crippen molar-refractivity contribution in [1.82, 2.24) is 4.90 Å². The fourth-order valence-corrected chi connectivity index (χ4v) is 3.87. The van der Waals surface area contributed by atoms with Crippen LogP contribution in [0.4, 0.5) is 0 Å². The topological polar surface area (TPSA) is 79.2 Å². The van der Waals surface area contributed by atoms with Gasteiger partial charge in [0.2, 0.25) is 18.1 Å². The Morgan fingerprint density at radius 1 is 1.22 bits per heavy atom. The van der Waals surface area contributed by atoms with E-state index >= 15 is 0 Å². The molecule has 2 rings (SSSR count). The van der Waals surface area contributed by atoms with Crippen molar-refractivity contribution in [3.8, 4) is 0 Å². The number of amides is 1. The summed E-state index contributed by atoms with van der Waals surface area (Å²) in [5.41, 5.74) is 0.0561. The van der Waals surface area contributed by atoms with E-state index in [2.05, 4.69) is 30.8 Å². The summed E-state index contributed by atoms with van der Waals surface area (Å²) in [6, 6.07) is 0.00750. The van der Waals surface area contributed by atoms with Crippen molar-refractivity contribution >= 4 is 18.1 Å². The predicted octanol–water partition coefficient (Wildman–Crippen LogP) is 2.48. The Labute approximate surface area is 138 Å². The molecule has 1 heterocycles. The first-order valence-corrected chi connectivity index (χ1v) is 8.06. The molecule has 2 fully saturated rings. The first-order chi connectivity index (χ1) is 10.7. The lowest BCUT2D eigenvalue weighted by atomic mass is 9.63. The molecule has 0 aromatic rings. The molecule has 0 bridgehead atoms. The lowest BCUT2D eigenvalue weighted by Crippen LogP contribution is -2.39. The number of hydrogen-bond donors (Lipinski definition) is 0. The van der Waals surface area contributed by atoms with Crippen LogP contribution in [0.3, 0.4) is 0 Å². The Hall–Kier alpha value is -1.77. The number of carbonyl (C=O) groups excluding carboxylic acids is 3. The third kappa shape index (κ3) is 6.47. The van der Waals surface area contributed by atoms with Gasteiger partial charge in [-0.1, -0.05) is 20.8 Å². The van der Waals surface area contributed by atoms with Crippen LogP contribution < -0.4 is 0 Å². The van der Waals surface area contributed by atoms with Crippen molar-refractivity contribution in [2.75, 3.05) is 20.1 Å². The van der Waals surface area contributed by atoms with Gasteiger partial charge in [-0.15, -0.1) is 0 Å². The summed E-state index contributed by atoms with van der Waals surface area (Å²) in [6.45, 7) is 7.82. The van der Waals surface area contributed by atoms with Gasteiger partial charge in [-0.2, -0.15) is 0 Å². The van der Waals surface area contributed by atoms with Gasteiger partial charge in [-0.25, -0.2) is 19.6 Å². The van der Waals surface area contributed by atoms with Gasteiger partial charge in [0.15, 0.2) is 0 Å². The van der Waals surface area contributed by atoms with E-state index in [0.29, 0.717) is 12.5 Å². The Morgan fingerprint density at radius 2 is 1.91 bits per heavy atom. The van der Waals surface area contributed by atoms with E-state index in [9.17, 15) is 14.4 Å². The zero-order valence-corrected chi connectivity index (χ0v) is 14.6. The highest BCUT2D eigenvalue weighted by Crippen LogP contribution is 2.47. The maximum absolute atomic E-state index is 10.5. The summed E-state index contributed by atoms with van der Waals surface area (Å²) in [4.78, 5) is 40.3. The number of nitrogens with zero attached hydrogens (tertiary/aromatic N) is 3. The monoisotopic (exact) mass is 321 g/mol. The number of hydrogen-bond acceptors (Lipinski definition) is 5. The number of rotatable bonds is 3. The summed E-state index contributed by atoms with van der Waals surface area (Å²) in [5, 5.41) is 0. The van der Waals surface area contributed by atoms with E-state index in [4.69, 9.17) is 0 Å². The Morgan fingerprint density at radius 3 is 2.35 bits per heavy atom. The van der Waals surface area contributed by atoms with Gasteiger partial charge in [0.25, 0.3) is 0 Å². The Bertz CT molecular complexity index is 519. The summed E-state index contributed by atoms with van der Waals surface area (Å²) in [7, 11) is 1.84. The molecule has 2 aliphatic rings. The van der Waals surface area contributed by atoms with Crippen molar-refractivity contribution < 1.29 is 14.4 Å². The van der Waals surface area contributed by atoms with Crippen molar-refractivity contribution in [1.29, 1.82) is 0 Å².